The van der Waals surface area contributed by atoms with E-state index in [4.69, 9.17) is 14.6 Å². The second kappa shape index (κ2) is 11.7. The third kappa shape index (κ3) is 6.06. The smallest absolute Gasteiger partial charge is 0.329 e. The molecule has 5 atom stereocenters. The highest BCUT2D eigenvalue weighted by molar-refractivity contribution is 5.68. The van der Waals surface area contributed by atoms with Crippen molar-refractivity contribution in [1.82, 2.24) is 0 Å². The van der Waals surface area contributed by atoms with E-state index in [9.17, 15) is 14.3 Å². The van der Waals surface area contributed by atoms with E-state index in [1.165, 1.54) is 12.1 Å². The van der Waals surface area contributed by atoms with Crippen LogP contribution in [0.4, 0.5) is 4.39 Å². The van der Waals surface area contributed by atoms with Crippen LogP contribution in [0.25, 0.3) is 0 Å². The second-order valence-electron chi connectivity index (χ2n) is 8.96. The number of unbranched alkanes of at least 4 members (excludes halogenated alkanes) is 2. The van der Waals surface area contributed by atoms with Gasteiger partial charge in [0.15, 0.2) is 0 Å². The summed E-state index contributed by atoms with van der Waals surface area (Å²) in [6, 6.07) is 6.73. The third-order valence-electron chi connectivity index (χ3n) is 6.80. The van der Waals surface area contributed by atoms with E-state index >= 15 is 0 Å². The molecule has 2 bridgehead atoms. The minimum absolute atomic E-state index is 0.0702. The van der Waals surface area contributed by atoms with E-state index < -0.39 is 12.1 Å². The molecule has 2 fully saturated rings. The van der Waals surface area contributed by atoms with Crippen LogP contribution < -0.4 is 0 Å². The van der Waals surface area contributed by atoms with Crippen LogP contribution in [-0.4, -0.2) is 48.2 Å². The van der Waals surface area contributed by atoms with Gasteiger partial charge in [-0.3, -0.25) is 0 Å². The molecule has 6 heteroatoms. The topological polar surface area (TPSA) is 76.0 Å². The normalized spacial score (nSPS) is 28.2. The maximum Gasteiger partial charge on any atom is 0.329 e. The molecule has 1 heterocycles. The number of halogens is 1. The number of benzene rings is 1. The maximum atomic E-state index is 13.6. The predicted octanol–water partition coefficient (Wildman–Crippen LogP) is 4.64. The standard InChI is InChI=1S/C26H35FO5/c1-2-3-4-7-21(28)13-14-22-23(8-5-6-15-31-17-25(29)30)26(16-24(22)32-18-26)19-9-11-20(27)12-10-19/h5-6,9-14,21-24,28H,2-4,7-8,15-18H2,1H3,(H,29,30)/b6-5-,14-13+/t21-,22+,23+,24+,26+/m1/s1. The fourth-order valence-electron chi connectivity index (χ4n) is 5.18. The second-order valence-corrected chi connectivity index (χ2v) is 8.96. The number of rotatable bonds is 13. The van der Waals surface area contributed by atoms with Gasteiger partial charge in [0.1, 0.15) is 12.4 Å². The number of allylic oxidation sites excluding steroid dienone is 1. The number of hydrogen-bond acceptors (Lipinski definition) is 4. The van der Waals surface area contributed by atoms with Crippen molar-refractivity contribution in [2.75, 3.05) is 19.8 Å². The Morgan fingerprint density at radius 3 is 2.81 bits per heavy atom. The molecule has 1 aromatic carbocycles. The molecule has 0 aromatic heterocycles. The summed E-state index contributed by atoms with van der Waals surface area (Å²) in [6.07, 6.45) is 13.2. The van der Waals surface area contributed by atoms with Crippen LogP contribution in [0.3, 0.4) is 0 Å². The summed E-state index contributed by atoms with van der Waals surface area (Å²) in [6.45, 7) is 2.68. The minimum Gasteiger partial charge on any atom is -0.480 e. The monoisotopic (exact) mass is 446 g/mol. The lowest BCUT2D eigenvalue weighted by atomic mass is 9.69. The third-order valence-corrected chi connectivity index (χ3v) is 6.80. The SMILES string of the molecule is CCCCC[C@@H](O)/C=C/[C@@H]1[C@@H]2C[C@@](c3ccc(F)cc3)(CO2)[C@H]1C/C=C\COCC(=O)O. The minimum atomic E-state index is -0.985. The van der Waals surface area contributed by atoms with E-state index in [-0.39, 0.29) is 42.4 Å². The highest BCUT2D eigenvalue weighted by Crippen LogP contribution is 2.57. The maximum absolute atomic E-state index is 13.6. The van der Waals surface area contributed by atoms with Gasteiger partial charge in [-0.05, 0) is 42.9 Å². The van der Waals surface area contributed by atoms with Gasteiger partial charge in [0.25, 0.3) is 0 Å². The summed E-state index contributed by atoms with van der Waals surface area (Å²) in [5, 5.41) is 19.1. The predicted molar refractivity (Wildman–Crippen MR) is 121 cm³/mol. The van der Waals surface area contributed by atoms with Gasteiger partial charge in [0, 0.05) is 11.3 Å². The number of aliphatic hydroxyl groups excluding tert-OH is 1. The zero-order valence-corrected chi connectivity index (χ0v) is 18.8. The van der Waals surface area contributed by atoms with Crippen molar-refractivity contribution in [3.8, 4) is 0 Å². The van der Waals surface area contributed by atoms with Crippen molar-refractivity contribution in [2.24, 2.45) is 11.8 Å². The van der Waals surface area contributed by atoms with Crippen LogP contribution in [0.1, 0.15) is 51.0 Å². The molecular weight excluding hydrogens is 411 g/mol. The molecule has 1 saturated heterocycles. The summed E-state index contributed by atoms with van der Waals surface area (Å²) in [5.41, 5.74) is 0.883. The van der Waals surface area contributed by atoms with Crippen LogP contribution in [0.15, 0.2) is 48.6 Å². The lowest BCUT2D eigenvalue weighted by Gasteiger charge is -2.38. The van der Waals surface area contributed by atoms with Crippen molar-refractivity contribution in [2.45, 2.75) is 63.1 Å². The fraction of sp³-hybridized carbons (Fsp3) is 0.577. The Labute approximate surface area is 189 Å². The van der Waals surface area contributed by atoms with Crippen molar-refractivity contribution in [1.29, 1.82) is 0 Å². The Balaban J connectivity index is 1.74. The number of fused-ring (bicyclic) bond motifs is 2. The molecule has 2 aliphatic rings. The Morgan fingerprint density at radius 1 is 1.31 bits per heavy atom. The Morgan fingerprint density at radius 2 is 2.09 bits per heavy atom. The molecule has 0 spiro atoms. The number of carboxylic acids is 1. The van der Waals surface area contributed by atoms with Crippen molar-refractivity contribution < 1.29 is 28.9 Å². The lowest BCUT2D eigenvalue weighted by Crippen LogP contribution is -2.39. The van der Waals surface area contributed by atoms with Crippen LogP contribution in [0.5, 0.6) is 0 Å². The molecule has 1 aromatic rings. The summed E-state index contributed by atoms with van der Waals surface area (Å²) in [7, 11) is 0. The first-order chi connectivity index (χ1) is 15.5. The van der Waals surface area contributed by atoms with Crippen molar-refractivity contribution >= 4 is 5.97 Å². The Bertz CT molecular complexity index is 790. The van der Waals surface area contributed by atoms with Gasteiger partial charge in [-0.1, -0.05) is 62.6 Å². The van der Waals surface area contributed by atoms with Gasteiger partial charge in [0.2, 0.25) is 0 Å². The highest BCUT2D eigenvalue weighted by Gasteiger charge is 2.58. The van der Waals surface area contributed by atoms with Gasteiger partial charge in [-0.25, -0.2) is 9.18 Å². The number of carbonyl (C=O) groups is 1. The molecule has 2 N–H and O–H groups in total. The highest BCUT2D eigenvalue weighted by atomic mass is 19.1. The molecule has 5 nitrogen and oxygen atoms in total. The lowest BCUT2D eigenvalue weighted by molar-refractivity contribution is -0.141. The van der Waals surface area contributed by atoms with Crippen LogP contribution in [0.2, 0.25) is 0 Å². The first-order valence-corrected chi connectivity index (χ1v) is 11.6. The van der Waals surface area contributed by atoms with E-state index in [2.05, 4.69) is 13.0 Å². The van der Waals surface area contributed by atoms with E-state index in [1.807, 2.05) is 30.4 Å². The molecule has 3 rings (SSSR count). The molecule has 0 unspecified atom stereocenters. The first-order valence-electron chi connectivity index (χ1n) is 11.6. The van der Waals surface area contributed by atoms with E-state index in [0.29, 0.717) is 6.61 Å². The molecule has 1 aliphatic carbocycles. The van der Waals surface area contributed by atoms with Crippen LogP contribution in [0, 0.1) is 17.7 Å². The van der Waals surface area contributed by atoms with Crippen LogP contribution in [-0.2, 0) is 19.7 Å². The average Bonchev–Trinajstić information content (AvgIpc) is 3.33. The van der Waals surface area contributed by atoms with E-state index in [1.54, 1.807) is 0 Å². The van der Waals surface area contributed by atoms with E-state index in [0.717, 1.165) is 44.1 Å². The average molecular weight is 447 g/mol. The van der Waals surface area contributed by atoms with Crippen LogP contribution >= 0.6 is 0 Å². The number of aliphatic hydroxyl groups is 1. The number of carboxylic acid groups (broad SMARTS) is 1. The van der Waals surface area contributed by atoms with Crippen molar-refractivity contribution in [3.05, 3.63) is 60.0 Å². The van der Waals surface area contributed by atoms with Gasteiger partial charge in [0.05, 0.1) is 25.4 Å². The number of hydrogen-bond donors (Lipinski definition) is 2. The molecule has 0 amide bonds. The Hall–Kier alpha value is -2.02. The van der Waals surface area contributed by atoms with Gasteiger partial charge in [-0.15, -0.1) is 0 Å². The zero-order valence-electron chi connectivity index (χ0n) is 18.8. The molecule has 1 aliphatic heterocycles. The summed E-state index contributed by atoms with van der Waals surface area (Å²) in [4.78, 5) is 10.6. The molecule has 0 radical (unpaired) electrons. The van der Waals surface area contributed by atoms with Gasteiger partial charge < -0.3 is 19.7 Å². The molecular formula is C26H35FO5. The summed E-state index contributed by atoms with van der Waals surface area (Å²) >= 11 is 0. The number of aliphatic carboxylic acids is 1. The summed E-state index contributed by atoms with van der Waals surface area (Å²) < 4.78 is 24.8. The van der Waals surface area contributed by atoms with Crippen molar-refractivity contribution in [3.63, 3.8) is 0 Å². The van der Waals surface area contributed by atoms with Gasteiger partial charge in [-0.2, -0.15) is 0 Å². The fourth-order valence-corrected chi connectivity index (χ4v) is 5.18. The summed E-state index contributed by atoms with van der Waals surface area (Å²) in [5.74, 6) is -0.848. The first kappa shape index (κ1) is 24.6. The van der Waals surface area contributed by atoms with Gasteiger partial charge >= 0.3 is 5.97 Å². The largest absolute Gasteiger partial charge is 0.480 e. The quantitative estimate of drug-likeness (QED) is 0.341. The molecule has 176 valence electrons. The molecule has 32 heavy (non-hydrogen) atoms. The zero-order chi connectivity index (χ0) is 23.0. The number of ether oxygens (including phenoxy) is 2. The Kier molecular flexibility index (Phi) is 9.02. The molecule has 1 saturated carbocycles.